The number of likely N-dealkylation sites (N-methyl/N-ethyl adjacent to an activating group) is 1. The van der Waals surface area contributed by atoms with Crippen molar-refractivity contribution in [3.8, 4) is 17.0 Å². The summed E-state index contributed by atoms with van der Waals surface area (Å²) in [5.74, 6) is 2.20. The van der Waals surface area contributed by atoms with Gasteiger partial charge >= 0.3 is 0 Å². The Balaban J connectivity index is 1.43. The standard InChI is InChI=1S/C22H26N8O/c1-14-9-20(26-25-15(14)2)24-21-11-17-10-16(5-8-30(17)27-21)22-19(12-23-29(22)4)31-18-6-7-28(3)13-18/h5,8-12,18H,6-7,13H2,1-4H3,(H,24,26,27)/t18-/m0/s1. The molecule has 1 N–H and O–H groups in total. The van der Waals surface area contributed by atoms with Crippen LogP contribution in [0.1, 0.15) is 17.7 Å². The van der Waals surface area contributed by atoms with Gasteiger partial charge in [0.1, 0.15) is 11.8 Å². The van der Waals surface area contributed by atoms with Crippen molar-refractivity contribution in [2.24, 2.45) is 7.05 Å². The molecule has 0 saturated carbocycles. The molecule has 0 spiro atoms. The van der Waals surface area contributed by atoms with Crippen molar-refractivity contribution in [2.45, 2.75) is 26.4 Å². The molecule has 1 saturated heterocycles. The summed E-state index contributed by atoms with van der Waals surface area (Å²) >= 11 is 0. The molecule has 0 aromatic carbocycles. The summed E-state index contributed by atoms with van der Waals surface area (Å²) in [6, 6.07) is 8.08. The van der Waals surface area contributed by atoms with Gasteiger partial charge in [-0.15, -0.1) is 5.10 Å². The van der Waals surface area contributed by atoms with Crippen molar-refractivity contribution in [3.05, 3.63) is 47.9 Å². The molecule has 0 aliphatic carbocycles. The minimum absolute atomic E-state index is 0.196. The van der Waals surface area contributed by atoms with Gasteiger partial charge in [-0.2, -0.15) is 15.3 Å². The maximum atomic E-state index is 6.29. The van der Waals surface area contributed by atoms with Crippen molar-refractivity contribution in [2.75, 3.05) is 25.5 Å². The third-order valence-electron chi connectivity index (χ3n) is 5.77. The molecule has 0 bridgehead atoms. The molecule has 31 heavy (non-hydrogen) atoms. The van der Waals surface area contributed by atoms with E-state index in [0.717, 1.165) is 53.3 Å². The molecule has 4 aromatic rings. The zero-order valence-corrected chi connectivity index (χ0v) is 18.2. The molecule has 4 aromatic heterocycles. The van der Waals surface area contributed by atoms with E-state index in [1.807, 2.05) is 54.5 Å². The van der Waals surface area contributed by atoms with Crippen LogP contribution in [-0.2, 0) is 7.05 Å². The Labute approximate surface area is 180 Å². The second-order valence-electron chi connectivity index (χ2n) is 8.21. The van der Waals surface area contributed by atoms with Crippen LogP contribution < -0.4 is 10.1 Å². The molecular weight excluding hydrogens is 392 g/mol. The summed E-state index contributed by atoms with van der Waals surface area (Å²) in [6.07, 6.45) is 4.98. The van der Waals surface area contributed by atoms with Crippen molar-refractivity contribution in [1.82, 2.24) is 34.5 Å². The van der Waals surface area contributed by atoms with Crippen LogP contribution in [0.5, 0.6) is 5.75 Å². The Morgan fingerprint density at radius 1 is 1.10 bits per heavy atom. The van der Waals surface area contributed by atoms with Crippen molar-refractivity contribution in [3.63, 3.8) is 0 Å². The number of likely N-dealkylation sites (tertiary alicyclic amines) is 1. The van der Waals surface area contributed by atoms with Gasteiger partial charge in [-0.05, 0) is 51.1 Å². The summed E-state index contributed by atoms with van der Waals surface area (Å²) in [6.45, 7) is 5.96. The summed E-state index contributed by atoms with van der Waals surface area (Å²) < 4.78 is 9.99. The van der Waals surface area contributed by atoms with Gasteiger partial charge in [0.25, 0.3) is 0 Å². The van der Waals surface area contributed by atoms with Crippen LogP contribution in [0.2, 0.25) is 0 Å². The van der Waals surface area contributed by atoms with E-state index in [-0.39, 0.29) is 6.10 Å². The molecule has 9 heteroatoms. The number of aryl methyl sites for hydroxylation is 3. The maximum absolute atomic E-state index is 6.29. The third kappa shape index (κ3) is 3.84. The zero-order chi connectivity index (χ0) is 21.5. The zero-order valence-electron chi connectivity index (χ0n) is 18.2. The molecular formula is C22H26N8O. The molecule has 0 radical (unpaired) electrons. The lowest BCUT2D eigenvalue weighted by Gasteiger charge is -2.14. The monoisotopic (exact) mass is 418 g/mol. The van der Waals surface area contributed by atoms with Crippen molar-refractivity contribution >= 4 is 17.2 Å². The van der Waals surface area contributed by atoms with Gasteiger partial charge in [-0.1, -0.05) is 0 Å². The van der Waals surface area contributed by atoms with Crippen LogP contribution >= 0.6 is 0 Å². The largest absolute Gasteiger partial charge is 0.485 e. The van der Waals surface area contributed by atoms with E-state index in [9.17, 15) is 0 Å². The van der Waals surface area contributed by atoms with Crippen molar-refractivity contribution < 1.29 is 4.74 Å². The van der Waals surface area contributed by atoms with Crippen LogP contribution in [0, 0.1) is 13.8 Å². The highest BCUT2D eigenvalue weighted by molar-refractivity contribution is 5.72. The number of fused-ring (bicyclic) bond motifs is 1. The minimum atomic E-state index is 0.196. The second kappa shape index (κ2) is 7.66. The van der Waals surface area contributed by atoms with Crippen LogP contribution in [0.3, 0.4) is 0 Å². The number of rotatable bonds is 5. The molecule has 1 aliphatic rings. The lowest BCUT2D eigenvalue weighted by atomic mass is 10.1. The topological polar surface area (TPSA) is 85.4 Å². The molecule has 0 amide bonds. The maximum Gasteiger partial charge on any atom is 0.165 e. The van der Waals surface area contributed by atoms with E-state index in [1.165, 1.54) is 0 Å². The highest BCUT2D eigenvalue weighted by Gasteiger charge is 2.23. The predicted molar refractivity (Wildman–Crippen MR) is 119 cm³/mol. The van der Waals surface area contributed by atoms with E-state index in [0.29, 0.717) is 11.6 Å². The van der Waals surface area contributed by atoms with Gasteiger partial charge in [-0.25, -0.2) is 4.52 Å². The quantitative estimate of drug-likeness (QED) is 0.533. The Morgan fingerprint density at radius 2 is 1.97 bits per heavy atom. The second-order valence-corrected chi connectivity index (χ2v) is 8.21. The van der Waals surface area contributed by atoms with Crippen LogP contribution in [0.25, 0.3) is 16.8 Å². The van der Waals surface area contributed by atoms with Gasteiger partial charge < -0.3 is 15.0 Å². The lowest BCUT2D eigenvalue weighted by molar-refractivity contribution is 0.209. The molecule has 160 valence electrons. The van der Waals surface area contributed by atoms with Crippen LogP contribution in [0.15, 0.2) is 36.7 Å². The summed E-state index contributed by atoms with van der Waals surface area (Å²) in [5, 5.41) is 20.6. The van der Waals surface area contributed by atoms with Crippen LogP contribution in [0.4, 0.5) is 11.6 Å². The molecule has 1 fully saturated rings. The number of ether oxygens (including phenoxy) is 1. The highest BCUT2D eigenvalue weighted by atomic mass is 16.5. The molecule has 1 atom stereocenters. The normalized spacial score (nSPS) is 16.8. The first-order valence-corrected chi connectivity index (χ1v) is 10.4. The van der Waals surface area contributed by atoms with E-state index in [4.69, 9.17) is 4.74 Å². The average molecular weight is 419 g/mol. The van der Waals surface area contributed by atoms with E-state index >= 15 is 0 Å². The van der Waals surface area contributed by atoms with Gasteiger partial charge in [-0.3, -0.25) is 4.68 Å². The summed E-state index contributed by atoms with van der Waals surface area (Å²) in [4.78, 5) is 2.29. The van der Waals surface area contributed by atoms with Gasteiger partial charge in [0.05, 0.1) is 17.4 Å². The highest BCUT2D eigenvalue weighted by Crippen LogP contribution is 2.32. The minimum Gasteiger partial charge on any atom is -0.485 e. The lowest BCUT2D eigenvalue weighted by Crippen LogP contribution is -2.21. The fraction of sp³-hybridized carbons (Fsp3) is 0.364. The van der Waals surface area contributed by atoms with Crippen molar-refractivity contribution in [1.29, 1.82) is 0 Å². The molecule has 1 aliphatic heterocycles. The first kappa shape index (κ1) is 19.5. The first-order valence-electron chi connectivity index (χ1n) is 10.4. The predicted octanol–water partition coefficient (Wildman–Crippen LogP) is 2.97. The fourth-order valence-corrected chi connectivity index (χ4v) is 3.94. The number of nitrogens with zero attached hydrogens (tertiary/aromatic N) is 7. The molecule has 9 nitrogen and oxygen atoms in total. The fourth-order valence-electron chi connectivity index (χ4n) is 3.94. The van der Waals surface area contributed by atoms with E-state index in [1.54, 1.807) is 6.20 Å². The summed E-state index contributed by atoms with van der Waals surface area (Å²) in [7, 11) is 4.06. The number of nitrogens with one attached hydrogen (secondary N) is 1. The first-order chi connectivity index (χ1) is 15.0. The third-order valence-corrected chi connectivity index (χ3v) is 5.77. The number of hydrogen-bond donors (Lipinski definition) is 1. The Kier molecular flexibility index (Phi) is 4.82. The van der Waals surface area contributed by atoms with Crippen LogP contribution in [-0.4, -0.2) is 60.7 Å². The smallest absolute Gasteiger partial charge is 0.165 e. The Morgan fingerprint density at radius 3 is 2.74 bits per heavy atom. The van der Waals surface area contributed by atoms with E-state index in [2.05, 4.69) is 43.7 Å². The Hall–Kier alpha value is -3.46. The van der Waals surface area contributed by atoms with Gasteiger partial charge in [0.2, 0.25) is 0 Å². The van der Waals surface area contributed by atoms with E-state index < -0.39 is 0 Å². The Bertz CT molecular complexity index is 1240. The number of aromatic nitrogens is 6. The summed E-state index contributed by atoms with van der Waals surface area (Å²) in [5.41, 5.74) is 4.97. The molecule has 5 rings (SSSR count). The molecule has 0 unspecified atom stereocenters. The number of hydrogen-bond acceptors (Lipinski definition) is 7. The average Bonchev–Trinajstić information content (AvgIpc) is 3.43. The number of pyridine rings is 1. The number of anilines is 2. The van der Waals surface area contributed by atoms with Gasteiger partial charge in [0, 0.05) is 38.0 Å². The SMILES string of the molecule is Cc1cc(Nc2cc3cc(-c4c(O[C@H]5CCN(C)C5)cnn4C)ccn3n2)nnc1C. The van der Waals surface area contributed by atoms with Gasteiger partial charge in [0.15, 0.2) is 17.4 Å². The molecule has 5 heterocycles.